The molecule has 0 amide bonds. The maximum absolute atomic E-state index is 11.2. The normalized spacial score (nSPS) is 24.3. The van der Waals surface area contributed by atoms with Gasteiger partial charge in [-0.15, -0.1) is 0 Å². The lowest BCUT2D eigenvalue weighted by molar-refractivity contribution is -0.190. The average molecular weight is 374 g/mol. The quantitative estimate of drug-likeness (QED) is 0.702. The van der Waals surface area contributed by atoms with Gasteiger partial charge in [-0.1, -0.05) is 29.8 Å². The Hall–Kier alpha value is -1.52. The Labute approximate surface area is 144 Å². The predicted molar refractivity (Wildman–Crippen MR) is 84.8 cm³/mol. The molecular formula is C14H16ClN3O5S. The molecule has 3 rings (SSSR count). The zero-order chi connectivity index (χ0) is 17.2. The van der Waals surface area contributed by atoms with Gasteiger partial charge < -0.3 is 9.47 Å². The number of nitrogens with zero attached hydrogens (tertiary/aromatic N) is 3. The van der Waals surface area contributed by atoms with Gasteiger partial charge in [-0.25, -0.2) is 9.67 Å². The molecule has 10 heteroatoms. The third kappa shape index (κ3) is 3.93. The van der Waals surface area contributed by atoms with Crippen LogP contribution in [0.2, 0.25) is 5.02 Å². The van der Waals surface area contributed by atoms with Gasteiger partial charge in [-0.3, -0.25) is 4.18 Å². The second-order valence-electron chi connectivity index (χ2n) is 5.37. The third-order valence-electron chi connectivity index (χ3n) is 3.45. The zero-order valence-corrected chi connectivity index (χ0v) is 14.4. The molecule has 0 aliphatic carbocycles. The Kier molecular flexibility index (Phi) is 4.88. The van der Waals surface area contributed by atoms with Crippen LogP contribution in [-0.2, 0) is 36.1 Å². The van der Waals surface area contributed by atoms with E-state index in [1.807, 2.05) is 6.07 Å². The molecule has 2 atom stereocenters. The summed E-state index contributed by atoms with van der Waals surface area (Å²) in [6, 6.07) is 7.14. The van der Waals surface area contributed by atoms with E-state index in [4.69, 9.17) is 25.3 Å². The molecule has 0 radical (unpaired) electrons. The van der Waals surface area contributed by atoms with Gasteiger partial charge in [0.25, 0.3) is 10.1 Å². The highest BCUT2D eigenvalue weighted by molar-refractivity contribution is 7.85. The van der Waals surface area contributed by atoms with E-state index in [2.05, 4.69) is 10.1 Å². The molecule has 2 heterocycles. The van der Waals surface area contributed by atoms with Gasteiger partial charge in [0.1, 0.15) is 25.3 Å². The first-order chi connectivity index (χ1) is 11.4. The Morgan fingerprint density at radius 1 is 1.46 bits per heavy atom. The van der Waals surface area contributed by atoms with Crippen molar-refractivity contribution in [2.45, 2.75) is 18.4 Å². The Morgan fingerprint density at radius 2 is 2.25 bits per heavy atom. The van der Waals surface area contributed by atoms with E-state index in [0.717, 1.165) is 6.26 Å². The summed E-state index contributed by atoms with van der Waals surface area (Å²) in [7, 11) is -3.56. The number of halogens is 1. The molecule has 1 saturated heterocycles. The van der Waals surface area contributed by atoms with E-state index in [1.165, 1.54) is 12.7 Å². The summed E-state index contributed by atoms with van der Waals surface area (Å²) in [5.74, 6) is -1.20. The molecule has 1 aromatic heterocycles. The molecule has 130 valence electrons. The van der Waals surface area contributed by atoms with Gasteiger partial charge in [-0.05, 0) is 6.07 Å². The highest BCUT2D eigenvalue weighted by atomic mass is 35.5. The fourth-order valence-electron chi connectivity index (χ4n) is 2.45. The molecule has 1 fully saturated rings. The van der Waals surface area contributed by atoms with Crippen LogP contribution in [0.5, 0.6) is 0 Å². The van der Waals surface area contributed by atoms with Crippen LogP contribution in [0.4, 0.5) is 0 Å². The summed E-state index contributed by atoms with van der Waals surface area (Å²) in [6.07, 6.45) is 3.37. The minimum atomic E-state index is -3.56. The summed E-state index contributed by atoms with van der Waals surface area (Å²) in [5.41, 5.74) is 0.629. The van der Waals surface area contributed by atoms with Crippen molar-refractivity contribution in [1.29, 1.82) is 0 Å². The monoisotopic (exact) mass is 373 g/mol. The van der Waals surface area contributed by atoms with Crippen LogP contribution in [0.1, 0.15) is 5.56 Å². The van der Waals surface area contributed by atoms with E-state index in [-0.39, 0.29) is 19.8 Å². The molecule has 24 heavy (non-hydrogen) atoms. The molecule has 0 saturated carbocycles. The van der Waals surface area contributed by atoms with Gasteiger partial charge in [0.15, 0.2) is 0 Å². The second kappa shape index (κ2) is 6.77. The van der Waals surface area contributed by atoms with Crippen molar-refractivity contribution in [2.24, 2.45) is 0 Å². The Bertz CT molecular complexity index is 799. The van der Waals surface area contributed by atoms with E-state index in [9.17, 15) is 8.42 Å². The zero-order valence-electron chi connectivity index (χ0n) is 12.8. The molecule has 0 spiro atoms. The smallest absolute Gasteiger partial charge is 0.264 e. The predicted octanol–water partition coefficient (Wildman–Crippen LogP) is 1.18. The van der Waals surface area contributed by atoms with E-state index in [0.29, 0.717) is 10.6 Å². The second-order valence-corrected chi connectivity index (χ2v) is 7.42. The average Bonchev–Trinajstić information content (AvgIpc) is 3.16. The first kappa shape index (κ1) is 17.3. The van der Waals surface area contributed by atoms with Crippen LogP contribution in [0.25, 0.3) is 0 Å². The van der Waals surface area contributed by atoms with Crippen molar-refractivity contribution in [2.75, 3.05) is 19.5 Å². The highest BCUT2D eigenvalue weighted by Gasteiger charge is 2.45. The van der Waals surface area contributed by atoms with Gasteiger partial charge in [0, 0.05) is 10.6 Å². The van der Waals surface area contributed by atoms with Crippen LogP contribution >= 0.6 is 11.6 Å². The molecule has 1 aliphatic heterocycles. The number of aromatic nitrogens is 3. The van der Waals surface area contributed by atoms with Crippen molar-refractivity contribution >= 4 is 21.7 Å². The number of hydrogen-bond acceptors (Lipinski definition) is 7. The van der Waals surface area contributed by atoms with Crippen molar-refractivity contribution in [3.63, 3.8) is 0 Å². The fourth-order valence-corrected chi connectivity index (χ4v) is 3.13. The van der Waals surface area contributed by atoms with Crippen molar-refractivity contribution in [3.8, 4) is 0 Å². The molecule has 0 unspecified atom stereocenters. The van der Waals surface area contributed by atoms with Gasteiger partial charge in [-0.2, -0.15) is 13.5 Å². The van der Waals surface area contributed by atoms with Crippen molar-refractivity contribution in [3.05, 3.63) is 47.5 Å². The van der Waals surface area contributed by atoms with Crippen LogP contribution < -0.4 is 0 Å². The SMILES string of the molecule is CS(=O)(=O)OC[C@@H]1CO[C@@](Cn2cncn2)(c2ccccc2Cl)O1. The molecule has 2 aromatic rings. The number of rotatable bonds is 6. The minimum absolute atomic E-state index is 0.137. The minimum Gasteiger partial charge on any atom is -0.342 e. The van der Waals surface area contributed by atoms with Crippen LogP contribution in [-0.4, -0.2) is 48.8 Å². The number of ether oxygens (including phenoxy) is 2. The lowest BCUT2D eigenvalue weighted by Gasteiger charge is -2.29. The van der Waals surface area contributed by atoms with Gasteiger partial charge >= 0.3 is 0 Å². The largest absolute Gasteiger partial charge is 0.342 e. The summed E-state index contributed by atoms with van der Waals surface area (Å²) >= 11 is 6.30. The molecule has 8 nitrogen and oxygen atoms in total. The van der Waals surface area contributed by atoms with Crippen LogP contribution in [0.15, 0.2) is 36.9 Å². The Balaban J connectivity index is 1.86. The highest BCUT2D eigenvalue weighted by Crippen LogP contribution is 2.39. The van der Waals surface area contributed by atoms with Crippen LogP contribution in [0.3, 0.4) is 0 Å². The van der Waals surface area contributed by atoms with Gasteiger partial charge in [0.2, 0.25) is 5.79 Å². The topological polar surface area (TPSA) is 92.5 Å². The van der Waals surface area contributed by atoms with Crippen molar-refractivity contribution in [1.82, 2.24) is 14.8 Å². The van der Waals surface area contributed by atoms with E-state index < -0.39 is 22.0 Å². The fraction of sp³-hybridized carbons (Fsp3) is 0.429. The first-order valence-corrected chi connectivity index (χ1v) is 9.31. The molecule has 0 bridgehead atoms. The summed E-state index contributed by atoms with van der Waals surface area (Å²) in [4.78, 5) is 3.90. The van der Waals surface area contributed by atoms with E-state index >= 15 is 0 Å². The van der Waals surface area contributed by atoms with E-state index in [1.54, 1.807) is 22.9 Å². The first-order valence-electron chi connectivity index (χ1n) is 7.11. The van der Waals surface area contributed by atoms with Crippen molar-refractivity contribution < 1.29 is 22.1 Å². The maximum Gasteiger partial charge on any atom is 0.264 e. The third-order valence-corrected chi connectivity index (χ3v) is 4.34. The molecule has 0 N–H and O–H groups in total. The lowest BCUT2D eigenvalue weighted by Crippen LogP contribution is -2.35. The van der Waals surface area contributed by atoms with Crippen LogP contribution in [0, 0.1) is 0 Å². The number of hydrogen-bond donors (Lipinski definition) is 0. The standard InChI is InChI=1S/C14H16ClN3O5S/c1-24(19,20)22-7-11-6-21-14(23-11,8-18-10-16-9-17-18)12-4-2-3-5-13(12)15/h2-5,9-11H,6-8H2,1H3/t11-,14+/m0/s1. The molecule has 1 aromatic carbocycles. The summed E-state index contributed by atoms with van der Waals surface area (Å²) < 4.78 is 40.6. The summed E-state index contributed by atoms with van der Waals surface area (Å²) in [5, 5.41) is 4.54. The molecular weight excluding hydrogens is 358 g/mol. The Morgan fingerprint density at radius 3 is 2.92 bits per heavy atom. The lowest BCUT2D eigenvalue weighted by atomic mass is 10.1. The number of benzene rings is 1. The van der Waals surface area contributed by atoms with Gasteiger partial charge in [0.05, 0.1) is 19.5 Å². The maximum atomic E-state index is 11.2. The molecule has 1 aliphatic rings. The summed E-state index contributed by atoms with van der Waals surface area (Å²) in [6.45, 7) is 0.240.